The summed E-state index contributed by atoms with van der Waals surface area (Å²) >= 11 is 6.06. The molecule has 1 amide bonds. The van der Waals surface area contributed by atoms with Gasteiger partial charge >= 0.3 is 0 Å². The van der Waals surface area contributed by atoms with Gasteiger partial charge in [0.1, 0.15) is 5.75 Å². The molecule has 2 N–H and O–H groups in total. The maximum Gasteiger partial charge on any atom is 0.260 e. The lowest BCUT2D eigenvalue weighted by atomic mass is 10.1. The van der Waals surface area contributed by atoms with Crippen LogP contribution >= 0.6 is 11.6 Å². The molecular formula is C14H20ClNO3. The lowest BCUT2D eigenvalue weighted by molar-refractivity contribution is -0.127. The molecule has 2 unspecified atom stereocenters. The van der Waals surface area contributed by atoms with Gasteiger partial charge in [0.15, 0.2) is 6.10 Å². The molecule has 0 aliphatic rings. The molecule has 0 aliphatic carbocycles. The Morgan fingerprint density at radius 2 is 2.16 bits per heavy atom. The Bertz CT molecular complexity index is 435. The number of aliphatic hydroxyl groups excluding tert-OH is 1. The van der Waals surface area contributed by atoms with E-state index in [0.717, 1.165) is 6.42 Å². The predicted octanol–water partition coefficient (Wildman–Crippen LogP) is 2.69. The van der Waals surface area contributed by atoms with E-state index in [4.69, 9.17) is 16.3 Å². The Balaban J connectivity index is 2.69. The standard InChI is InChI=1S/C14H20ClNO3/c1-4-7-16-14(18)10(3)19-13-6-5-11(9(2)17)8-12(13)15/h5-6,8-10,17H,4,7H2,1-3H3,(H,16,18). The maximum atomic E-state index is 11.7. The molecule has 1 rings (SSSR count). The molecule has 0 bridgehead atoms. The largest absolute Gasteiger partial charge is 0.479 e. The number of carbonyl (C=O) groups excluding carboxylic acids is 1. The summed E-state index contributed by atoms with van der Waals surface area (Å²) in [6.07, 6.45) is -0.319. The average Bonchev–Trinajstić information content (AvgIpc) is 2.37. The molecule has 0 aliphatic heterocycles. The second kappa shape index (κ2) is 7.36. The fourth-order valence-corrected chi connectivity index (χ4v) is 1.74. The lowest BCUT2D eigenvalue weighted by Gasteiger charge is -2.16. The minimum atomic E-state index is -0.610. The van der Waals surface area contributed by atoms with Crippen LogP contribution in [-0.2, 0) is 4.79 Å². The van der Waals surface area contributed by atoms with Crippen LogP contribution in [-0.4, -0.2) is 23.7 Å². The van der Waals surface area contributed by atoms with Crippen LogP contribution in [0.3, 0.4) is 0 Å². The molecule has 2 atom stereocenters. The third kappa shape index (κ3) is 4.73. The molecule has 0 radical (unpaired) electrons. The number of rotatable bonds is 6. The maximum absolute atomic E-state index is 11.7. The normalized spacial score (nSPS) is 13.7. The first kappa shape index (κ1) is 15.8. The van der Waals surface area contributed by atoms with Crippen LogP contribution < -0.4 is 10.1 Å². The Kier molecular flexibility index (Phi) is 6.12. The number of hydrogen-bond acceptors (Lipinski definition) is 3. The molecule has 5 heteroatoms. The van der Waals surface area contributed by atoms with Crippen LogP contribution in [0.5, 0.6) is 5.75 Å². The van der Waals surface area contributed by atoms with Gasteiger partial charge < -0.3 is 15.2 Å². The van der Waals surface area contributed by atoms with Crippen molar-refractivity contribution in [1.82, 2.24) is 5.32 Å². The Morgan fingerprint density at radius 1 is 1.47 bits per heavy atom. The molecule has 1 aromatic rings. The lowest BCUT2D eigenvalue weighted by Crippen LogP contribution is -2.36. The fourth-order valence-electron chi connectivity index (χ4n) is 1.51. The monoisotopic (exact) mass is 285 g/mol. The van der Waals surface area contributed by atoms with Crippen molar-refractivity contribution in [2.24, 2.45) is 0 Å². The highest BCUT2D eigenvalue weighted by atomic mass is 35.5. The fraction of sp³-hybridized carbons (Fsp3) is 0.500. The van der Waals surface area contributed by atoms with E-state index in [0.29, 0.717) is 22.9 Å². The Hall–Kier alpha value is -1.26. The number of nitrogens with one attached hydrogen (secondary N) is 1. The molecule has 0 fully saturated rings. The average molecular weight is 286 g/mol. The first-order valence-electron chi connectivity index (χ1n) is 6.37. The van der Waals surface area contributed by atoms with Gasteiger partial charge in [0.05, 0.1) is 11.1 Å². The predicted molar refractivity (Wildman–Crippen MR) is 75.5 cm³/mol. The third-order valence-electron chi connectivity index (χ3n) is 2.66. The summed E-state index contributed by atoms with van der Waals surface area (Å²) in [5.74, 6) is 0.266. The molecule has 106 valence electrons. The number of halogens is 1. The Morgan fingerprint density at radius 3 is 2.68 bits per heavy atom. The van der Waals surface area contributed by atoms with E-state index in [1.165, 1.54) is 0 Å². The molecule has 4 nitrogen and oxygen atoms in total. The molecule has 0 saturated heterocycles. The summed E-state index contributed by atoms with van der Waals surface area (Å²) in [6.45, 7) is 5.94. The number of hydrogen-bond donors (Lipinski definition) is 2. The van der Waals surface area contributed by atoms with Crippen molar-refractivity contribution >= 4 is 17.5 Å². The second-order valence-electron chi connectivity index (χ2n) is 4.42. The molecule has 0 spiro atoms. The molecule has 1 aromatic carbocycles. The number of amides is 1. The summed E-state index contributed by atoms with van der Waals surface area (Å²) in [4.78, 5) is 11.7. The summed E-state index contributed by atoms with van der Waals surface area (Å²) < 4.78 is 5.51. The number of carbonyl (C=O) groups is 1. The van der Waals surface area contributed by atoms with Gasteiger partial charge in [-0.2, -0.15) is 0 Å². The highest BCUT2D eigenvalue weighted by molar-refractivity contribution is 6.32. The van der Waals surface area contributed by atoms with E-state index in [1.54, 1.807) is 32.0 Å². The first-order chi connectivity index (χ1) is 8.95. The van der Waals surface area contributed by atoms with Crippen LogP contribution in [0, 0.1) is 0 Å². The summed E-state index contributed by atoms with van der Waals surface area (Å²) in [6, 6.07) is 5.02. The van der Waals surface area contributed by atoms with Crippen LogP contribution in [0.4, 0.5) is 0 Å². The SMILES string of the molecule is CCCNC(=O)C(C)Oc1ccc(C(C)O)cc1Cl. The summed E-state index contributed by atoms with van der Waals surface area (Å²) in [7, 11) is 0. The van der Waals surface area contributed by atoms with E-state index in [2.05, 4.69) is 5.32 Å². The van der Waals surface area contributed by atoms with Crippen molar-refractivity contribution in [2.45, 2.75) is 39.4 Å². The van der Waals surface area contributed by atoms with Gasteiger partial charge in [-0.05, 0) is 38.0 Å². The zero-order valence-corrected chi connectivity index (χ0v) is 12.2. The molecule has 0 heterocycles. The second-order valence-corrected chi connectivity index (χ2v) is 4.82. The van der Waals surface area contributed by atoms with E-state index < -0.39 is 12.2 Å². The minimum absolute atomic E-state index is 0.169. The van der Waals surface area contributed by atoms with Crippen LogP contribution in [0.15, 0.2) is 18.2 Å². The third-order valence-corrected chi connectivity index (χ3v) is 2.96. The zero-order valence-electron chi connectivity index (χ0n) is 11.4. The van der Waals surface area contributed by atoms with Gasteiger partial charge in [0.2, 0.25) is 0 Å². The van der Waals surface area contributed by atoms with Crippen LogP contribution in [0.1, 0.15) is 38.9 Å². The summed E-state index contributed by atoms with van der Waals surface area (Å²) in [5, 5.41) is 12.6. The van der Waals surface area contributed by atoms with Crippen molar-refractivity contribution in [3.05, 3.63) is 28.8 Å². The first-order valence-corrected chi connectivity index (χ1v) is 6.75. The highest BCUT2D eigenvalue weighted by Crippen LogP contribution is 2.28. The highest BCUT2D eigenvalue weighted by Gasteiger charge is 2.16. The van der Waals surface area contributed by atoms with Gasteiger partial charge in [0.25, 0.3) is 5.91 Å². The zero-order chi connectivity index (χ0) is 14.4. The van der Waals surface area contributed by atoms with E-state index in [9.17, 15) is 9.90 Å². The van der Waals surface area contributed by atoms with Gasteiger partial charge in [-0.1, -0.05) is 24.6 Å². The molecule has 19 heavy (non-hydrogen) atoms. The minimum Gasteiger partial charge on any atom is -0.479 e. The van der Waals surface area contributed by atoms with Gasteiger partial charge in [-0.15, -0.1) is 0 Å². The van der Waals surface area contributed by atoms with Crippen LogP contribution in [0.25, 0.3) is 0 Å². The van der Waals surface area contributed by atoms with Gasteiger partial charge in [0, 0.05) is 6.54 Å². The van der Waals surface area contributed by atoms with Crippen LogP contribution in [0.2, 0.25) is 5.02 Å². The van der Waals surface area contributed by atoms with E-state index >= 15 is 0 Å². The number of benzene rings is 1. The number of ether oxygens (including phenoxy) is 1. The van der Waals surface area contributed by atoms with E-state index in [1.807, 2.05) is 6.92 Å². The van der Waals surface area contributed by atoms with Gasteiger partial charge in [-0.3, -0.25) is 4.79 Å². The van der Waals surface area contributed by atoms with E-state index in [-0.39, 0.29) is 5.91 Å². The smallest absolute Gasteiger partial charge is 0.260 e. The molecular weight excluding hydrogens is 266 g/mol. The van der Waals surface area contributed by atoms with Crippen molar-refractivity contribution in [3.63, 3.8) is 0 Å². The van der Waals surface area contributed by atoms with Crippen molar-refractivity contribution < 1.29 is 14.6 Å². The van der Waals surface area contributed by atoms with Gasteiger partial charge in [-0.25, -0.2) is 0 Å². The topological polar surface area (TPSA) is 58.6 Å². The van der Waals surface area contributed by atoms with Crippen molar-refractivity contribution in [1.29, 1.82) is 0 Å². The molecule has 0 saturated carbocycles. The van der Waals surface area contributed by atoms with Crippen molar-refractivity contribution in [3.8, 4) is 5.75 Å². The Labute approximate surface area is 118 Å². The summed E-state index contributed by atoms with van der Waals surface area (Å²) in [5.41, 5.74) is 0.709. The quantitative estimate of drug-likeness (QED) is 0.845. The molecule has 0 aromatic heterocycles. The number of aliphatic hydroxyl groups is 1. The van der Waals surface area contributed by atoms with Crippen molar-refractivity contribution in [2.75, 3.05) is 6.54 Å².